The quantitative estimate of drug-likeness (QED) is 0.274. The standard InChI is InChI=1S/C14H12BrClN2OS/c15-10-5-6-11(14(17)18-19)13(7-10)20-8-9-3-1-2-4-12(9)16/h1-7,19H,8H2,(H2,17,18). The lowest BCUT2D eigenvalue weighted by atomic mass is 10.2. The van der Waals surface area contributed by atoms with Crippen LogP contribution in [0.2, 0.25) is 5.02 Å². The fourth-order valence-electron chi connectivity index (χ4n) is 1.65. The van der Waals surface area contributed by atoms with E-state index in [9.17, 15) is 0 Å². The second kappa shape index (κ2) is 7.02. The first-order chi connectivity index (χ1) is 9.61. The Morgan fingerprint density at radius 1 is 1.30 bits per heavy atom. The summed E-state index contributed by atoms with van der Waals surface area (Å²) in [5, 5.41) is 12.6. The number of amidine groups is 1. The summed E-state index contributed by atoms with van der Waals surface area (Å²) in [5.41, 5.74) is 7.44. The zero-order valence-corrected chi connectivity index (χ0v) is 13.5. The van der Waals surface area contributed by atoms with Gasteiger partial charge in [-0.05, 0) is 29.8 Å². The molecule has 0 aliphatic heterocycles. The average Bonchev–Trinajstić information content (AvgIpc) is 2.46. The molecule has 104 valence electrons. The maximum atomic E-state index is 8.83. The molecular weight excluding hydrogens is 360 g/mol. The van der Waals surface area contributed by atoms with Gasteiger partial charge in [-0.1, -0.05) is 50.9 Å². The molecule has 0 fully saturated rings. The Morgan fingerprint density at radius 3 is 2.75 bits per heavy atom. The first-order valence-electron chi connectivity index (χ1n) is 5.75. The molecular formula is C14H12BrClN2OS. The molecule has 0 atom stereocenters. The zero-order valence-electron chi connectivity index (χ0n) is 10.4. The Labute approximate surface area is 134 Å². The van der Waals surface area contributed by atoms with Crippen molar-refractivity contribution in [1.82, 2.24) is 0 Å². The molecule has 0 aliphatic rings. The van der Waals surface area contributed by atoms with Gasteiger partial charge in [0.1, 0.15) is 0 Å². The van der Waals surface area contributed by atoms with Crippen molar-refractivity contribution in [3.63, 3.8) is 0 Å². The number of rotatable bonds is 4. The van der Waals surface area contributed by atoms with Crippen molar-refractivity contribution in [3.05, 3.63) is 63.1 Å². The molecule has 0 bridgehead atoms. The number of nitrogens with zero attached hydrogens (tertiary/aromatic N) is 1. The van der Waals surface area contributed by atoms with Crippen molar-refractivity contribution in [2.45, 2.75) is 10.6 Å². The highest BCUT2D eigenvalue weighted by Crippen LogP contribution is 2.31. The lowest BCUT2D eigenvalue weighted by Gasteiger charge is -2.09. The Morgan fingerprint density at radius 2 is 2.05 bits per heavy atom. The third kappa shape index (κ3) is 3.69. The van der Waals surface area contributed by atoms with E-state index in [1.807, 2.05) is 42.5 Å². The summed E-state index contributed by atoms with van der Waals surface area (Å²) in [6.07, 6.45) is 0. The van der Waals surface area contributed by atoms with E-state index in [2.05, 4.69) is 21.1 Å². The van der Waals surface area contributed by atoms with Crippen molar-refractivity contribution >= 4 is 45.1 Å². The van der Waals surface area contributed by atoms with Crippen LogP contribution in [0.3, 0.4) is 0 Å². The Bertz CT molecular complexity index is 649. The van der Waals surface area contributed by atoms with E-state index < -0.39 is 0 Å². The van der Waals surface area contributed by atoms with Crippen LogP contribution in [0.1, 0.15) is 11.1 Å². The van der Waals surface area contributed by atoms with E-state index in [1.54, 1.807) is 11.8 Å². The molecule has 2 aromatic carbocycles. The van der Waals surface area contributed by atoms with Crippen LogP contribution < -0.4 is 5.73 Å². The highest BCUT2D eigenvalue weighted by Gasteiger charge is 2.09. The molecule has 0 aliphatic carbocycles. The smallest absolute Gasteiger partial charge is 0.171 e. The van der Waals surface area contributed by atoms with Crippen LogP contribution in [0, 0.1) is 0 Å². The van der Waals surface area contributed by atoms with E-state index in [1.165, 1.54) is 0 Å². The summed E-state index contributed by atoms with van der Waals surface area (Å²) in [6, 6.07) is 13.3. The molecule has 0 unspecified atom stereocenters. The highest BCUT2D eigenvalue weighted by molar-refractivity contribution is 9.10. The number of oxime groups is 1. The lowest BCUT2D eigenvalue weighted by Crippen LogP contribution is -2.14. The summed E-state index contributed by atoms with van der Waals surface area (Å²) in [6.45, 7) is 0. The van der Waals surface area contributed by atoms with Gasteiger partial charge in [0.05, 0.1) is 0 Å². The van der Waals surface area contributed by atoms with Crippen LogP contribution in [-0.4, -0.2) is 11.0 Å². The minimum absolute atomic E-state index is 0.0964. The number of nitrogens with two attached hydrogens (primary N) is 1. The van der Waals surface area contributed by atoms with Gasteiger partial charge in [0, 0.05) is 25.7 Å². The topological polar surface area (TPSA) is 58.6 Å². The molecule has 3 N–H and O–H groups in total. The Kier molecular flexibility index (Phi) is 5.34. The molecule has 0 heterocycles. The van der Waals surface area contributed by atoms with Gasteiger partial charge in [-0.2, -0.15) is 0 Å². The van der Waals surface area contributed by atoms with Gasteiger partial charge in [-0.25, -0.2) is 0 Å². The lowest BCUT2D eigenvalue weighted by molar-refractivity contribution is 0.318. The Balaban J connectivity index is 2.25. The van der Waals surface area contributed by atoms with Gasteiger partial charge in [0.25, 0.3) is 0 Å². The molecule has 3 nitrogen and oxygen atoms in total. The number of hydrogen-bond acceptors (Lipinski definition) is 3. The molecule has 0 saturated carbocycles. The van der Waals surface area contributed by atoms with Gasteiger partial charge in [-0.15, -0.1) is 11.8 Å². The maximum Gasteiger partial charge on any atom is 0.171 e. The average molecular weight is 372 g/mol. The van der Waals surface area contributed by atoms with Crippen LogP contribution in [0.25, 0.3) is 0 Å². The second-order valence-corrected chi connectivity index (χ2v) is 6.35. The van der Waals surface area contributed by atoms with Crippen molar-refractivity contribution in [3.8, 4) is 0 Å². The van der Waals surface area contributed by atoms with E-state index in [-0.39, 0.29) is 5.84 Å². The predicted octanol–water partition coefficient (Wildman–Crippen LogP) is 4.49. The van der Waals surface area contributed by atoms with Gasteiger partial charge in [0.2, 0.25) is 0 Å². The SMILES string of the molecule is N/C(=N/O)c1ccc(Br)cc1SCc1ccccc1Cl. The van der Waals surface area contributed by atoms with Gasteiger partial charge in [0.15, 0.2) is 5.84 Å². The van der Waals surface area contributed by atoms with Crippen LogP contribution in [0.15, 0.2) is 57.0 Å². The zero-order chi connectivity index (χ0) is 14.5. The summed E-state index contributed by atoms with van der Waals surface area (Å²) < 4.78 is 0.939. The van der Waals surface area contributed by atoms with E-state index >= 15 is 0 Å². The fourth-order valence-corrected chi connectivity index (χ4v) is 3.55. The monoisotopic (exact) mass is 370 g/mol. The van der Waals surface area contributed by atoms with E-state index in [0.29, 0.717) is 11.3 Å². The predicted molar refractivity (Wildman–Crippen MR) is 87.7 cm³/mol. The van der Waals surface area contributed by atoms with Crippen molar-refractivity contribution in [2.24, 2.45) is 10.9 Å². The van der Waals surface area contributed by atoms with Crippen LogP contribution in [0.5, 0.6) is 0 Å². The van der Waals surface area contributed by atoms with Crippen molar-refractivity contribution in [1.29, 1.82) is 0 Å². The summed E-state index contributed by atoms with van der Waals surface area (Å²) in [4.78, 5) is 0.926. The number of thioether (sulfide) groups is 1. The highest BCUT2D eigenvalue weighted by atomic mass is 79.9. The molecule has 2 rings (SSSR count). The molecule has 0 aromatic heterocycles. The van der Waals surface area contributed by atoms with Crippen molar-refractivity contribution in [2.75, 3.05) is 0 Å². The minimum atomic E-state index is 0.0964. The van der Waals surface area contributed by atoms with Crippen LogP contribution in [-0.2, 0) is 5.75 Å². The van der Waals surface area contributed by atoms with Gasteiger partial charge in [-0.3, -0.25) is 0 Å². The fraction of sp³-hybridized carbons (Fsp3) is 0.0714. The molecule has 20 heavy (non-hydrogen) atoms. The first-order valence-corrected chi connectivity index (χ1v) is 7.91. The molecule has 2 aromatic rings. The molecule has 0 saturated heterocycles. The summed E-state index contributed by atoms with van der Waals surface area (Å²) in [7, 11) is 0. The summed E-state index contributed by atoms with van der Waals surface area (Å²) >= 11 is 11.2. The van der Waals surface area contributed by atoms with Gasteiger partial charge < -0.3 is 10.9 Å². The van der Waals surface area contributed by atoms with E-state index in [0.717, 1.165) is 20.0 Å². The van der Waals surface area contributed by atoms with Crippen molar-refractivity contribution < 1.29 is 5.21 Å². The third-order valence-electron chi connectivity index (χ3n) is 2.67. The molecule has 0 spiro atoms. The van der Waals surface area contributed by atoms with Crippen LogP contribution >= 0.6 is 39.3 Å². The molecule has 6 heteroatoms. The number of hydrogen-bond donors (Lipinski definition) is 2. The Hall–Kier alpha value is -1.17. The van der Waals surface area contributed by atoms with Gasteiger partial charge >= 0.3 is 0 Å². The first kappa shape index (κ1) is 15.2. The number of benzene rings is 2. The normalized spacial score (nSPS) is 11.6. The minimum Gasteiger partial charge on any atom is -0.409 e. The molecule has 0 amide bonds. The second-order valence-electron chi connectivity index (χ2n) is 4.01. The maximum absolute atomic E-state index is 8.83. The number of halogens is 2. The van der Waals surface area contributed by atoms with Crippen LogP contribution in [0.4, 0.5) is 0 Å². The largest absolute Gasteiger partial charge is 0.409 e. The summed E-state index contributed by atoms with van der Waals surface area (Å²) in [5.74, 6) is 0.807. The third-order valence-corrected chi connectivity index (χ3v) is 4.63. The molecule has 0 radical (unpaired) electrons. The van der Waals surface area contributed by atoms with E-state index in [4.69, 9.17) is 22.5 Å².